The number of hydrogen-bond donors (Lipinski definition) is 20. The molecule has 0 saturated carbocycles. The summed E-state index contributed by atoms with van der Waals surface area (Å²) in [7, 11) is 0. The summed E-state index contributed by atoms with van der Waals surface area (Å²) >= 11 is 8.33. The Hall–Kier alpha value is -1.75. The van der Waals surface area contributed by atoms with E-state index in [0.29, 0.717) is 42.8 Å². The Morgan fingerprint density at radius 3 is 1.12 bits per heavy atom. The number of aromatic nitrogens is 3. The van der Waals surface area contributed by atoms with Gasteiger partial charge >= 0.3 is 5.97 Å². The first-order valence-corrected chi connectivity index (χ1v) is 37.7. The molecule has 40 nitrogen and oxygen atoms in total. The number of carboxylic acid groups (broad SMARTS) is 1. The smallest absolute Gasteiger partial charge is 0.307 e. The summed E-state index contributed by atoms with van der Waals surface area (Å²) in [6, 6.07) is 6.96. The van der Waals surface area contributed by atoms with Crippen LogP contribution in [-0.2, 0) is 89.7 Å². The van der Waals surface area contributed by atoms with E-state index in [1.54, 1.807) is 44.3 Å². The number of halogens is 4. The monoisotopic (exact) mass is 1970 g/mol. The number of carboxylic acids is 1. The summed E-state index contributed by atoms with van der Waals surface area (Å²) in [5, 5.41) is 234. The van der Waals surface area contributed by atoms with Crippen LogP contribution in [0.25, 0.3) is 0 Å². The Bertz CT molecular complexity index is 3350. The summed E-state index contributed by atoms with van der Waals surface area (Å²) in [6.45, 7) is -2.95. The molecule has 14 bridgehead atoms. The third kappa shape index (κ3) is 18.3. The second kappa shape index (κ2) is 36.4. The molecule has 21 aliphatic rings. The van der Waals surface area contributed by atoms with Gasteiger partial charge in [-0.05, 0) is 134 Å². The van der Waals surface area contributed by atoms with Gasteiger partial charge in [-0.1, -0.05) is 5.21 Å². The third-order valence-electron chi connectivity index (χ3n) is 19.3. The van der Waals surface area contributed by atoms with Crippen molar-refractivity contribution in [2.45, 2.75) is 254 Å². The molecule has 106 heavy (non-hydrogen) atoms. The second-order valence-electron chi connectivity index (χ2n) is 27.1. The Balaban J connectivity index is 0.861. The fourth-order valence-corrected chi connectivity index (χ4v) is 17.8. The van der Waals surface area contributed by atoms with Gasteiger partial charge in [-0.25, -0.2) is 4.68 Å². The van der Waals surface area contributed by atoms with Gasteiger partial charge in [0.1, 0.15) is 176 Å². The second-order valence-corrected chi connectivity index (χ2v) is 31.7. The lowest BCUT2D eigenvalue weighted by Gasteiger charge is -2.50. The molecular weight excluding hydrogens is 1890 g/mol. The maximum atomic E-state index is 12.3. The molecule has 21 saturated heterocycles. The van der Waals surface area contributed by atoms with Crippen molar-refractivity contribution in [3.63, 3.8) is 0 Å². The summed E-state index contributed by atoms with van der Waals surface area (Å²) < 4.78 is 100.0. The van der Waals surface area contributed by atoms with Crippen molar-refractivity contribution in [3.05, 3.63) is 56.0 Å². The molecule has 598 valence electrons. The van der Waals surface area contributed by atoms with Crippen LogP contribution in [0.5, 0.6) is 17.2 Å². The lowest BCUT2D eigenvalue weighted by atomic mass is 9.88. The fraction of sp³-hybridized carbons (Fsp3) is 0.758. The molecule has 44 heteroatoms. The van der Waals surface area contributed by atoms with Crippen LogP contribution < -0.4 is 9.47 Å². The summed E-state index contributed by atoms with van der Waals surface area (Å²) in [6.07, 6.45) is -65.8. The number of aliphatic hydroxyl groups is 19. The Kier molecular flexibility index (Phi) is 29.2. The minimum Gasteiger partial charge on any atom is -0.485 e. The Morgan fingerprint density at radius 1 is 0.443 bits per heavy atom. The van der Waals surface area contributed by atoms with Gasteiger partial charge in [-0.15, -0.1) is 5.10 Å². The van der Waals surface area contributed by atoms with Crippen LogP contribution in [0.15, 0.2) is 30.5 Å². The molecule has 22 heterocycles. The number of ether oxygens (including phenoxy) is 16. The highest BCUT2D eigenvalue weighted by atomic mass is 127. The number of nitrogens with zero attached hydrogens (tertiary/aromatic N) is 3. The quantitative estimate of drug-likeness (QED) is 0.0593. The first-order chi connectivity index (χ1) is 50.3. The average molecular weight is 1970 g/mol. The topological polar surface area (TPSA) is 600 Å². The highest BCUT2D eigenvalue weighted by Crippen LogP contribution is 2.43. The zero-order valence-corrected chi connectivity index (χ0v) is 64.5. The molecule has 0 radical (unpaired) electrons. The molecule has 2 aromatic carbocycles. The number of benzene rings is 2. The van der Waals surface area contributed by atoms with Crippen molar-refractivity contribution >= 4 is 96.3 Å². The molecule has 21 aliphatic heterocycles. The molecule has 0 amide bonds. The normalized spacial score (nSPS) is 42.8. The standard InChI is InChI=1S/C62H85I4N3O37/c1-62(2,69-10-19(67-68-69)17-91-47-23(65)6-20(7-24(47)66)92-48-21(63)3-18(4-22(48)64)5-33(77)78)9-26-50-35(79)41(85)56(94-26)101-49-25(76)8-34(93-27(49)11-70)100-51-28(12-71)95-58(42(86)36(51)80)103-53-30(14-73)97-60(44(88)38(53)82)105-55-32(16-75)99-61(46(90)40(55)84)106-54-31(15-74)98-59(45(89)39(54)83)104-52-29(13-72)96-57(102-50)43(87)37(52)81/h3-4,6-7,10,25-32,34-46,49-61,70-76,79-90H,5,8-9,11-17H2,1-2H3,(H,77,78)/t25-,26?,27?,28?,29?,30?,31?,32?,34+,35-,36-,37-,38-,39-,40-,41?,42?,43?,44?,45?,46?,49+,50-,51-,52-,53-,54-,55+,56+,57+,58+,59+,60+,61-/m1/s1. The van der Waals surface area contributed by atoms with Gasteiger partial charge in [0.05, 0.1) is 84.3 Å². The maximum absolute atomic E-state index is 12.3. The lowest BCUT2D eigenvalue weighted by Crippen LogP contribution is -2.68. The van der Waals surface area contributed by atoms with Gasteiger partial charge in [0, 0.05) is 12.8 Å². The van der Waals surface area contributed by atoms with Crippen LogP contribution in [0.1, 0.15) is 37.9 Å². The molecule has 3 aromatic rings. The van der Waals surface area contributed by atoms with E-state index in [1.807, 2.05) is 0 Å². The summed E-state index contributed by atoms with van der Waals surface area (Å²) in [5.74, 6) is 0.493. The van der Waals surface area contributed by atoms with Crippen LogP contribution >= 0.6 is 90.4 Å². The molecule has 13 unspecified atom stereocenters. The molecule has 34 atom stereocenters. The fourth-order valence-electron chi connectivity index (χ4n) is 13.7. The van der Waals surface area contributed by atoms with Crippen molar-refractivity contribution in [2.24, 2.45) is 0 Å². The minimum absolute atomic E-state index is 0.134. The van der Waals surface area contributed by atoms with E-state index in [-0.39, 0.29) is 19.4 Å². The number of aliphatic carboxylic acids is 1. The molecular formula is C62H85I4N3O37. The summed E-state index contributed by atoms with van der Waals surface area (Å²) in [4.78, 5) is 11.4. The van der Waals surface area contributed by atoms with Gasteiger partial charge < -0.3 is 178 Å². The van der Waals surface area contributed by atoms with Crippen molar-refractivity contribution in [1.29, 1.82) is 0 Å². The lowest BCUT2D eigenvalue weighted by molar-refractivity contribution is -0.396. The largest absolute Gasteiger partial charge is 0.485 e. The SMILES string of the molecule is CC(C)(CC1O[C@H]2O[C@@H]3C(CO)O[C@H](C[C@H]3O)O[C@@H]3C(CO)O[C@@H](O[C@@H]4C(CO)O[C@@H](O[C@H]5C(CO)O[C@H](O[C@@H]6C(CO)O[C@@H](O[C@@H]7C(CO)O[C@@H](O[C@H]1[C@H](O)C2O)C(O)[C@H]7O)C(O)[C@H]6O)C(O)[C@H]5O)C(O)[C@H]4O)C(O)[C@H]3O)n1cc(COc2c(I)cc(Oc3c(I)cc(CC(=O)O)cc3I)cc2I)nn1. The van der Waals surface area contributed by atoms with Crippen LogP contribution in [0.4, 0.5) is 0 Å². The van der Waals surface area contributed by atoms with Gasteiger partial charge in [-0.2, -0.15) is 0 Å². The molecule has 1 aromatic heterocycles. The highest BCUT2D eigenvalue weighted by molar-refractivity contribution is 14.1. The van der Waals surface area contributed by atoms with E-state index in [4.69, 9.17) is 75.8 Å². The van der Waals surface area contributed by atoms with E-state index >= 15 is 0 Å². The van der Waals surface area contributed by atoms with Crippen molar-refractivity contribution in [1.82, 2.24) is 15.0 Å². The zero-order chi connectivity index (χ0) is 76.8. The van der Waals surface area contributed by atoms with Gasteiger partial charge in [0.25, 0.3) is 0 Å². The number of aliphatic hydroxyl groups excluding tert-OH is 19. The first kappa shape index (κ1) is 85.1. The third-order valence-corrected chi connectivity index (χ3v) is 22.5. The van der Waals surface area contributed by atoms with E-state index in [9.17, 15) is 107 Å². The van der Waals surface area contributed by atoms with Crippen LogP contribution in [0.3, 0.4) is 0 Å². The maximum Gasteiger partial charge on any atom is 0.307 e. The molecule has 21 fully saturated rings. The Morgan fingerprint density at radius 2 is 0.764 bits per heavy atom. The molecule has 0 spiro atoms. The molecule has 20 N–H and O–H groups in total. The summed E-state index contributed by atoms with van der Waals surface area (Å²) in [5.41, 5.74) is -0.357. The van der Waals surface area contributed by atoms with Gasteiger partial charge in [-0.3, -0.25) is 4.79 Å². The van der Waals surface area contributed by atoms with Gasteiger partial charge in [0.2, 0.25) is 0 Å². The van der Waals surface area contributed by atoms with E-state index in [2.05, 4.69) is 101 Å². The van der Waals surface area contributed by atoms with E-state index in [1.165, 1.54) is 4.68 Å². The number of carbonyl (C=O) groups is 1. The molecule has 24 rings (SSSR count). The van der Waals surface area contributed by atoms with Crippen LogP contribution in [-0.4, -0.2) is 372 Å². The van der Waals surface area contributed by atoms with Gasteiger partial charge in [0.15, 0.2) is 49.8 Å². The predicted octanol–water partition coefficient (Wildman–Crippen LogP) is -7.36. The first-order valence-electron chi connectivity index (χ1n) is 33.4. The minimum atomic E-state index is -2.23. The average Bonchev–Trinajstić information content (AvgIpc) is 0.891. The molecule has 0 aliphatic carbocycles. The van der Waals surface area contributed by atoms with E-state index in [0.717, 1.165) is 0 Å². The van der Waals surface area contributed by atoms with Crippen molar-refractivity contribution in [3.8, 4) is 17.2 Å². The van der Waals surface area contributed by atoms with Crippen LogP contribution in [0.2, 0.25) is 0 Å². The number of rotatable bonds is 16. The number of hydrogen-bond acceptors (Lipinski definition) is 38. The van der Waals surface area contributed by atoms with Crippen LogP contribution in [0, 0.1) is 14.3 Å². The predicted molar refractivity (Wildman–Crippen MR) is 373 cm³/mol. The Labute approximate surface area is 656 Å². The van der Waals surface area contributed by atoms with Crippen molar-refractivity contribution in [2.75, 3.05) is 39.6 Å². The zero-order valence-electron chi connectivity index (χ0n) is 55.8. The van der Waals surface area contributed by atoms with Crippen molar-refractivity contribution < 1.29 is 183 Å². The van der Waals surface area contributed by atoms with E-state index < -0.39 is 266 Å². The highest BCUT2D eigenvalue weighted by Gasteiger charge is 2.59.